The lowest BCUT2D eigenvalue weighted by Gasteiger charge is -2.29. The van der Waals surface area contributed by atoms with Crippen molar-refractivity contribution in [3.05, 3.63) is 29.3 Å². The number of rotatable bonds is 7. The van der Waals surface area contributed by atoms with Gasteiger partial charge in [0.15, 0.2) is 0 Å². The number of hydrogen-bond acceptors (Lipinski definition) is 5. The van der Waals surface area contributed by atoms with Crippen molar-refractivity contribution < 1.29 is 17.9 Å². The van der Waals surface area contributed by atoms with Crippen molar-refractivity contribution in [3.8, 4) is 0 Å². The average molecular weight is 424 g/mol. The van der Waals surface area contributed by atoms with E-state index in [1.54, 1.807) is 12.1 Å². The zero-order valence-electron chi connectivity index (χ0n) is 17.5. The molecule has 2 heterocycles. The smallest absolute Gasteiger partial charge is 0.251 e. The summed E-state index contributed by atoms with van der Waals surface area (Å²) >= 11 is 0. The molecule has 1 unspecified atom stereocenters. The number of benzene rings is 1. The van der Waals surface area contributed by atoms with Crippen LogP contribution in [0.25, 0.3) is 0 Å². The summed E-state index contributed by atoms with van der Waals surface area (Å²) in [5, 5.41) is 2.99. The summed E-state index contributed by atoms with van der Waals surface area (Å²) in [6.07, 6.45) is 3.82. The van der Waals surface area contributed by atoms with Crippen LogP contribution >= 0.6 is 0 Å². The van der Waals surface area contributed by atoms with Crippen LogP contribution < -0.4 is 5.32 Å². The van der Waals surface area contributed by atoms with Gasteiger partial charge in [-0.3, -0.25) is 4.79 Å². The van der Waals surface area contributed by atoms with Gasteiger partial charge in [-0.15, -0.1) is 0 Å². The van der Waals surface area contributed by atoms with Crippen LogP contribution in [0.2, 0.25) is 0 Å². The molecular weight excluding hydrogens is 390 g/mol. The van der Waals surface area contributed by atoms with E-state index < -0.39 is 10.0 Å². The number of nitrogens with one attached hydrogen (secondary N) is 1. The molecule has 1 aromatic rings. The van der Waals surface area contributed by atoms with Crippen molar-refractivity contribution in [2.45, 2.75) is 38.0 Å². The molecule has 29 heavy (non-hydrogen) atoms. The number of nitrogens with zero attached hydrogens (tertiary/aromatic N) is 2. The van der Waals surface area contributed by atoms with Gasteiger partial charge in [-0.05, 0) is 56.5 Å². The molecular formula is C21H33N3O4S. The van der Waals surface area contributed by atoms with Crippen molar-refractivity contribution in [1.82, 2.24) is 14.5 Å². The standard InChI is InChI=1S/C21H33N3O4S/c1-17(16-23-8-4-3-5-9-23)15-22-21(25)20-14-19(7-6-18(20)2)29(26,27)24-10-12-28-13-11-24/h6-7,14,17H,3-5,8-13,15-16H2,1-2H3,(H,22,25). The highest BCUT2D eigenvalue weighted by molar-refractivity contribution is 7.89. The summed E-state index contributed by atoms with van der Waals surface area (Å²) in [7, 11) is -3.62. The topological polar surface area (TPSA) is 78.9 Å². The first-order valence-corrected chi connectivity index (χ1v) is 12.0. The molecule has 2 fully saturated rings. The minimum Gasteiger partial charge on any atom is -0.379 e. The fourth-order valence-corrected chi connectivity index (χ4v) is 5.39. The summed E-state index contributed by atoms with van der Waals surface area (Å²) in [6.45, 7) is 9.27. The highest BCUT2D eigenvalue weighted by Gasteiger charge is 2.27. The lowest BCUT2D eigenvalue weighted by molar-refractivity contribution is 0.0730. The number of sulfonamides is 1. The summed E-state index contributed by atoms with van der Waals surface area (Å²) in [4.78, 5) is 15.4. The van der Waals surface area contributed by atoms with Crippen LogP contribution in [-0.2, 0) is 14.8 Å². The molecule has 0 aromatic heterocycles. The molecule has 3 rings (SSSR count). The Hall–Kier alpha value is -1.48. The molecule has 0 radical (unpaired) electrons. The molecule has 8 heteroatoms. The predicted octanol–water partition coefficient (Wildman–Crippen LogP) is 1.87. The van der Waals surface area contributed by atoms with Gasteiger partial charge in [0, 0.05) is 31.7 Å². The van der Waals surface area contributed by atoms with Gasteiger partial charge in [-0.2, -0.15) is 4.31 Å². The molecule has 2 aliphatic heterocycles. The maximum atomic E-state index is 12.9. The van der Waals surface area contributed by atoms with Crippen molar-refractivity contribution in [2.24, 2.45) is 5.92 Å². The van der Waals surface area contributed by atoms with Crippen LogP contribution in [0.4, 0.5) is 0 Å². The summed E-state index contributed by atoms with van der Waals surface area (Å²) in [5.74, 6) is 0.129. The average Bonchev–Trinajstić information content (AvgIpc) is 2.73. The van der Waals surface area contributed by atoms with Crippen LogP contribution in [0, 0.1) is 12.8 Å². The van der Waals surface area contributed by atoms with E-state index >= 15 is 0 Å². The number of carbonyl (C=O) groups excluding carboxylic acids is 1. The second kappa shape index (κ2) is 10.0. The number of carbonyl (C=O) groups is 1. The van der Waals surface area contributed by atoms with E-state index in [2.05, 4.69) is 17.1 Å². The van der Waals surface area contributed by atoms with E-state index in [4.69, 9.17) is 4.74 Å². The molecule has 0 aliphatic carbocycles. The molecule has 2 saturated heterocycles. The van der Waals surface area contributed by atoms with Crippen LogP contribution in [0.5, 0.6) is 0 Å². The van der Waals surface area contributed by atoms with Crippen LogP contribution in [0.3, 0.4) is 0 Å². The van der Waals surface area contributed by atoms with E-state index in [1.165, 1.54) is 29.6 Å². The molecule has 7 nitrogen and oxygen atoms in total. The molecule has 2 aliphatic rings. The first-order chi connectivity index (χ1) is 13.9. The van der Waals surface area contributed by atoms with Gasteiger partial charge < -0.3 is 15.0 Å². The number of morpholine rings is 1. The Morgan fingerprint density at radius 2 is 1.83 bits per heavy atom. The predicted molar refractivity (Wildman–Crippen MR) is 113 cm³/mol. The van der Waals surface area contributed by atoms with E-state index in [0.29, 0.717) is 44.3 Å². The first-order valence-electron chi connectivity index (χ1n) is 10.6. The van der Waals surface area contributed by atoms with E-state index in [0.717, 1.165) is 25.2 Å². The van der Waals surface area contributed by atoms with Gasteiger partial charge in [0.25, 0.3) is 5.91 Å². The number of likely N-dealkylation sites (tertiary alicyclic amines) is 1. The lowest BCUT2D eigenvalue weighted by atomic mass is 10.1. The molecule has 162 valence electrons. The maximum Gasteiger partial charge on any atom is 0.251 e. The number of hydrogen-bond donors (Lipinski definition) is 1. The van der Waals surface area contributed by atoms with Gasteiger partial charge in [-0.25, -0.2) is 8.42 Å². The second-order valence-electron chi connectivity index (χ2n) is 8.17. The fourth-order valence-electron chi connectivity index (χ4n) is 3.95. The van der Waals surface area contributed by atoms with E-state index in [-0.39, 0.29) is 10.8 Å². The summed E-state index contributed by atoms with van der Waals surface area (Å²) < 4.78 is 32.5. The highest BCUT2D eigenvalue weighted by atomic mass is 32.2. The Balaban J connectivity index is 1.63. The Morgan fingerprint density at radius 3 is 2.52 bits per heavy atom. The first kappa shape index (κ1) is 22.2. The Morgan fingerprint density at radius 1 is 1.14 bits per heavy atom. The Kier molecular flexibility index (Phi) is 7.67. The Bertz CT molecular complexity index is 800. The van der Waals surface area contributed by atoms with Crippen LogP contribution in [0.1, 0.15) is 42.1 Å². The summed E-state index contributed by atoms with van der Waals surface area (Å²) in [6, 6.07) is 4.79. The monoisotopic (exact) mass is 423 g/mol. The van der Waals surface area contributed by atoms with Gasteiger partial charge in [0.1, 0.15) is 0 Å². The zero-order chi connectivity index (χ0) is 20.9. The van der Waals surface area contributed by atoms with Crippen LogP contribution in [0.15, 0.2) is 23.1 Å². The SMILES string of the molecule is Cc1ccc(S(=O)(=O)N2CCOCC2)cc1C(=O)NCC(C)CN1CCCCC1. The maximum absolute atomic E-state index is 12.9. The fraction of sp³-hybridized carbons (Fsp3) is 0.667. The van der Waals surface area contributed by atoms with Crippen molar-refractivity contribution in [1.29, 1.82) is 0 Å². The molecule has 1 N–H and O–H groups in total. The Labute approximate surface area is 174 Å². The number of amides is 1. The minimum absolute atomic E-state index is 0.163. The lowest BCUT2D eigenvalue weighted by Crippen LogP contribution is -2.40. The van der Waals surface area contributed by atoms with Gasteiger partial charge in [-0.1, -0.05) is 19.4 Å². The van der Waals surface area contributed by atoms with Crippen molar-refractivity contribution in [2.75, 3.05) is 52.5 Å². The minimum atomic E-state index is -3.62. The molecule has 0 saturated carbocycles. The molecule has 0 spiro atoms. The van der Waals surface area contributed by atoms with Gasteiger partial charge >= 0.3 is 0 Å². The van der Waals surface area contributed by atoms with E-state index in [9.17, 15) is 13.2 Å². The second-order valence-corrected chi connectivity index (χ2v) is 10.1. The quantitative estimate of drug-likeness (QED) is 0.724. The van der Waals surface area contributed by atoms with Crippen molar-refractivity contribution in [3.63, 3.8) is 0 Å². The van der Waals surface area contributed by atoms with Crippen LogP contribution in [-0.4, -0.2) is 76.0 Å². The normalized spacial score (nSPS) is 20.3. The number of piperidine rings is 1. The number of aryl methyl sites for hydroxylation is 1. The zero-order valence-corrected chi connectivity index (χ0v) is 18.3. The molecule has 1 amide bonds. The third kappa shape index (κ3) is 5.78. The molecule has 0 bridgehead atoms. The van der Waals surface area contributed by atoms with Gasteiger partial charge in [0.2, 0.25) is 10.0 Å². The summed E-state index contributed by atoms with van der Waals surface area (Å²) in [5.41, 5.74) is 1.19. The molecule has 1 atom stereocenters. The van der Waals surface area contributed by atoms with Crippen molar-refractivity contribution >= 4 is 15.9 Å². The van der Waals surface area contributed by atoms with Gasteiger partial charge in [0.05, 0.1) is 18.1 Å². The van der Waals surface area contributed by atoms with E-state index in [1.807, 2.05) is 6.92 Å². The molecule has 1 aromatic carbocycles. The largest absolute Gasteiger partial charge is 0.379 e. The third-order valence-electron chi connectivity index (χ3n) is 5.69. The third-order valence-corrected chi connectivity index (χ3v) is 7.59. The number of ether oxygens (including phenoxy) is 1. The highest BCUT2D eigenvalue weighted by Crippen LogP contribution is 2.21.